The average Bonchev–Trinajstić information content (AvgIpc) is 3.12. The molecule has 3 rings (SSSR count). The van der Waals surface area contributed by atoms with Crippen molar-refractivity contribution in [3.63, 3.8) is 0 Å². The summed E-state index contributed by atoms with van der Waals surface area (Å²) in [7, 11) is -3.68. The highest BCUT2D eigenvalue weighted by molar-refractivity contribution is 7.91. The summed E-state index contributed by atoms with van der Waals surface area (Å²) in [6.07, 6.45) is 1.99. The van der Waals surface area contributed by atoms with Crippen LogP contribution in [0.3, 0.4) is 0 Å². The normalized spacial score (nSPS) is 19.1. The first-order valence-corrected chi connectivity index (χ1v) is 9.92. The molecule has 0 spiro atoms. The van der Waals surface area contributed by atoms with Crippen molar-refractivity contribution in [3.8, 4) is 0 Å². The molecule has 0 aliphatic carbocycles. The lowest BCUT2D eigenvalue weighted by atomic mass is 10.0. The van der Waals surface area contributed by atoms with E-state index in [1.165, 1.54) is 28.6 Å². The number of nitrogens with zero attached hydrogens (tertiary/aromatic N) is 1. The van der Waals surface area contributed by atoms with E-state index in [0.29, 0.717) is 18.7 Å². The first-order chi connectivity index (χ1) is 11.5. The molecule has 0 saturated carbocycles. The third kappa shape index (κ3) is 3.50. The molecule has 5 nitrogen and oxygen atoms in total. The van der Waals surface area contributed by atoms with Gasteiger partial charge >= 0.3 is 0 Å². The molecule has 1 atom stereocenters. The van der Waals surface area contributed by atoms with Crippen molar-refractivity contribution in [2.24, 2.45) is 0 Å². The number of hydrogen-bond acceptors (Lipinski definition) is 4. The Hall–Kier alpha value is -1.77. The van der Waals surface area contributed by atoms with Gasteiger partial charge in [0, 0.05) is 12.2 Å². The van der Waals surface area contributed by atoms with Gasteiger partial charge < -0.3 is 5.32 Å². The molecule has 0 unspecified atom stereocenters. The number of thiophene rings is 1. The number of sulfonamides is 1. The molecule has 2 heterocycles. The van der Waals surface area contributed by atoms with Crippen molar-refractivity contribution in [1.29, 1.82) is 0 Å². The second kappa shape index (κ2) is 7.00. The van der Waals surface area contributed by atoms with Gasteiger partial charge in [0.25, 0.3) is 10.0 Å². The summed E-state index contributed by atoms with van der Waals surface area (Å²) in [5, 5.41) is 4.38. The Morgan fingerprint density at radius 1 is 1.21 bits per heavy atom. The molecular formula is C16H17FN2O3S2. The fourth-order valence-corrected chi connectivity index (χ4v) is 5.52. The smallest absolute Gasteiger partial charge is 0.253 e. The van der Waals surface area contributed by atoms with Gasteiger partial charge in [0.1, 0.15) is 16.1 Å². The third-order valence-corrected chi connectivity index (χ3v) is 7.21. The van der Waals surface area contributed by atoms with Crippen molar-refractivity contribution in [2.45, 2.75) is 29.5 Å². The number of carbonyl (C=O) groups excluding carboxylic acids is 1. The molecule has 0 bridgehead atoms. The van der Waals surface area contributed by atoms with E-state index in [9.17, 15) is 17.6 Å². The molecule has 1 saturated heterocycles. The lowest BCUT2D eigenvalue weighted by molar-refractivity contribution is -0.120. The second-order valence-electron chi connectivity index (χ2n) is 5.56. The molecule has 1 amide bonds. The molecule has 1 N–H and O–H groups in total. The van der Waals surface area contributed by atoms with Crippen molar-refractivity contribution in [3.05, 3.63) is 47.6 Å². The summed E-state index contributed by atoms with van der Waals surface area (Å²) >= 11 is 1.14. The van der Waals surface area contributed by atoms with E-state index in [0.717, 1.165) is 24.2 Å². The maximum atomic E-state index is 13.0. The van der Waals surface area contributed by atoms with Gasteiger partial charge in [-0.15, -0.1) is 11.3 Å². The Balaban J connectivity index is 1.81. The first kappa shape index (κ1) is 17.1. The molecule has 2 aromatic rings. The van der Waals surface area contributed by atoms with E-state index in [-0.39, 0.29) is 10.1 Å². The minimum atomic E-state index is -3.68. The third-order valence-electron chi connectivity index (χ3n) is 3.93. The van der Waals surface area contributed by atoms with Crippen LogP contribution < -0.4 is 5.32 Å². The predicted molar refractivity (Wildman–Crippen MR) is 90.9 cm³/mol. The Morgan fingerprint density at radius 2 is 1.96 bits per heavy atom. The zero-order chi connectivity index (χ0) is 17.2. The van der Waals surface area contributed by atoms with E-state index < -0.39 is 21.9 Å². The lowest BCUT2D eigenvalue weighted by Crippen LogP contribution is -2.49. The highest BCUT2D eigenvalue weighted by Gasteiger charge is 2.38. The number of halogens is 1. The number of piperidine rings is 1. The van der Waals surface area contributed by atoms with E-state index >= 15 is 0 Å². The number of amides is 1. The van der Waals surface area contributed by atoms with Gasteiger partial charge in [0.15, 0.2) is 0 Å². The van der Waals surface area contributed by atoms with E-state index in [4.69, 9.17) is 0 Å². The number of hydrogen-bond donors (Lipinski definition) is 1. The first-order valence-electron chi connectivity index (χ1n) is 7.60. The molecule has 8 heteroatoms. The molecule has 1 aliphatic heterocycles. The van der Waals surface area contributed by atoms with Crippen molar-refractivity contribution < 1.29 is 17.6 Å². The highest BCUT2D eigenvalue weighted by Crippen LogP contribution is 2.28. The van der Waals surface area contributed by atoms with Crippen molar-refractivity contribution >= 4 is 33.0 Å². The molecule has 1 aromatic heterocycles. The zero-order valence-corrected chi connectivity index (χ0v) is 14.4. The SMILES string of the molecule is O=C(Nc1ccc(F)cc1)[C@H]1CCCCN1S(=O)(=O)c1cccs1. The van der Waals surface area contributed by atoms with Gasteiger partial charge in [0.05, 0.1) is 0 Å². The lowest BCUT2D eigenvalue weighted by Gasteiger charge is -2.33. The molecule has 128 valence electrons. The van der Waals surface area contributed by atoms with Crippen molar-refractivity contribution in [1.82, 2.24) is 4.31 Å². The summed E-state index contributed by atoms with van der Waals surface area (Å²) in [6, 6.07) is 7.87. The minimum Gasteiger partial charge on any atom is -0.325 e. The molecule has 1 aliphatic rings. The Labute approximate surface area is 144 Å². The van der Waals surface area contributed by atoms with Crippen LogP contribution in [0.4, 0.5) is 10.1 Å². The Bertz CT molecular complexity index is 804. The number of carbonyl (C=O) groups is 1. The molecule has 0 radical (unpaired) electrons. The van der Waals surface area contributed by atoms with Crippen LogP contribution in [0.2, 0.25) is 0 Å². The number of benzene rings is 1. The standard InChI is InChI=1S/C16H17FN2O3S2/c17-12-6-8-13(9-7-12)18-16(20)14-4-1-2-10-19(14)24(21,22)15-5-3-11-23-15/h3,5-9,11,14H,1-2,4,10H2,(H,18,20)/t14-/m1/s1. The second-order valence-corrected chi connectivity index (χ2v) is 8.62. The summed E-state index contributed by atoms with van der Waals surface area (Å²) < 4.78 is 40.0. The minimum absolute atomic E-state index is 0.240. The monoisotopic (exact) mass is 368 g/mol. The van der Waals surface area contributed by atoms with Crippen LogP contribution in [-0.2, 0) is 14.8 Å². The summed E-state index contributed by atoms with van der Waals surface area (Å²) in [4.78, 5) is 12.6. The van der Waals surface area contributed by atoms with E-state index in [2.05, 4.69) is 5.32 Å². The van der Waals surface area contributed by atoms with Crippen LogP contribution in [0, 0.1) is 5.82 Å². The average molecular weight is 368 g/mol. The summed E-state index contributed by atoms with van der Waals surface area (Å²) in [6.45, 7) is 0.321. The Kier molecular flexibility index (Phi) is 4.98. The van der Waals surface area contributed by atoms with Crippen LogP contribution in [0.15, 0.2) is 46.0 Å². The van der Waals surface area contributed by atoms with Crippen LogP contribution >= 0.6 is 11.3 Å². The highest BCUT2D eigenvalue weighted by atomic mass is 32.2. The van der Waals surface area contributed by atoms with Gasteiger partial charge in [-0.2, -0.15) is 4.31 Å². The van der Waals surface area contributed by atoms with Crippen LogP contribution in [0.25, 0.3) is 0 Å². The summed E-state index contributed by atoms with van der Waals surface area (Å²) in [5.41, 5.74) is 0.445. The number of nitrogens with one attached hydrogen (secondary N) is 1. The number of anilines is 1. The van der Waals surface area contributed by atoms with Crippen LogP contribution in [-0.4, -0.2) is 31.2 Å². The van der Waals surface area contributed by atoms with Crippen LogP contribution in [0.1, 0.15) is 19.3 Å². The van der Waals surface area contributed by atoms with Gasteiger partial charge in [-0.25, -0.2) is 12.8 Å². The fraction of sp³-hybridized carbons (Fsp3) is 0.312. The fourth-order valence-electron chi connectivity index (χ4n) is 2.74. The van der Waals surface area contributed by atoms with E-state index in [1.54, 1.807) is 17.5 Å². The summed E-state index contributed by atoms with van der Waals surface area (Å²) in [5.74, 6) is -0.783. The Morgan fingerprint density at radius 3 is 2.62 bits per heavy atom. The van der Waals surface area contributed by atoms with Gasteiger partial charge in [0.2, 0.25) is 5.91 Å². The maximum absolute atomic E-state index is 13.0. The van der Waals surface area contributed by atoms with Crippen molar-refractivity contribution in [2.75, 3.05) is 11.9 Å². The quantitative estimate of drug-likeness (QED) is 0.902. The van der Waals surface area contributed by atoms with Gasteiger partial charge in [-0.3, -0.25) is 4.79 Å². The largest absolute Gasteiger partial charge is 0.325 e. The maximum Gasteiger partial charge on any atom is 0.253 e. The van der Waals surface area contributed by atoms with E-state index in [1.807, 2.05) is 0 Å². The topological polar surface area (TPSA) is 66.5 Å². The predicted octanol–water partition coefficient (Wildman–Crippen LogP) is 3.07. The zero-order valence-electron chi connectivity index (χ0n) is 12.8. The number of rotatable bonds is 4. The molecule has 24 heavy (non-hydrogen) atoms. The molecular weight excluding hydrogens is 351 g/mol. The molecule has 1 fully saturated rings. The molecule has 1 aromatic carbocycles. The van der Waals surface area contributed by atoms with Gasteiger partial charge in [-0.05, 0) is 48.6 Å². The van der Waals surface area contributed by atoms with Crippen LogP contribution in [0.5, 0.6) is 0 Å². The van der Waals surface area contributed by atoms with Gasteiger partial charge in [-0.1, -0.05) is 12.5 Å².